The van der Waals surface area contributed by atoms with E-state index in [0.29, 0.717) is 17.7 Å². The van der Waals surface area contributed by atoms with Crippen molar-refractivity contribution in [3.63, 3.8) is 0 Å². The molecule has 158 valence electrons. The molecule has 0 radical (unpaired) electrons. The van der Waals surface area contributed by atoms with Crippen LogP contribution in [0.25, 0.3) is 0 Å². The molecule has 2 aromatic rings. The first-order chi connectivity index (χ1) is 13.6. The molecule has 0 spiro atoms. The van der Waals surface area contributed by atoms with Gasteiger partial charge in [-0.3, -0.25) is 4.79 Å². The topological polar surface area (TPSA) is 84.5 Å². The number of amides is 1. The van der Waals surface area contributed by atoms with Gasteiger partial charge in [0.2, 0.25) is 15.9 Å². The Morgan fingerprint density at radius 2 is 1.66 bits per heavy atom. The van der Waals surface area contributed by atoms with Gasteiger partial charge in [0.1, 0.15) is 6.04 Å². The molecule has 0 aliphatic heterocycles. The third kappa shape index (κ3) is 6.39. The molecule has 6 nitrogen and oxygen atoms in total. The van der Waals surface area contributed by atoms with Gasteiger partial charge < -0.3 is 10.1 Å². The molecule has 0 aromatic heterocycles. The van der Waals surface area contributed by atoms with Crippen molar-refractivity contribution in [2.24, 2.45) is 0 Å². The summed E-state index contributed by atoms with van der Waals surface area (Å²) in [5, 5.41) is 2.82. The van der Waals surface area contributed by atoms with E-state index in [-0.39, 0.29) is 23.3 Å². The Balaban J connectivity index is 2.34. The molecule has 0 heterocycles. The van der Waals surface area contributed by atoms with Gasteiger partial charge in [-0.25, -0.2) is 8.42 Å². The highest BCUT2D eigenvalue weighted by Crippen LogP contribution is 2.22. The molecule has 1 amide bonds. The zero-order valence-corrected chi connectivity index (χ0v) is 18.5. The summed E-state index contributed by atoms with van der Waals surface area (Å²) >= 11 is 0. The van der Waals surface area contributed by atoms with E-state index in [1.807, 2.05) is 56.3 Å². The third-order valence-electron chi connectivity index (χ3n) is 4.58. The van der Waals surface area contributed by atoms with Gasteiger partial charge in [0.25, 0.3) is 0 Å². The molecule has 0 unspecified atom stereocenters. The average Bonchev–Trinajstić information content (AvgIpc) is 2.60. The van der Waals surface area contributed by atoms with Crippen LogP contribution in [0, 0.1) is 20.8 Å². The van der Waals surface area contributed by atoms with E-state index in [1.54, 1.807) is 21.0 Å². The first-order valence-electron chi connectivity index (χ1n) is 9.57. The van der Waals surface area contributed by atoms with Crippen LogP contribution < -0.4 is 10.0 Å². The van der Waals surface area contributed by atoms with E-state index >= 15 is 0 Å². The summed E-state index contributed by atoms with van der Waals surface area (Å²) in [6, 6.07) is 11.8. The molecule has 29 heavy (non-hydrogen) atoms. The fourth-order valence-electron chi connectivity index (χ4n) is 3.51. The molecule has 2 rings (SSSR count). The van der Waals surface area contributed by atoms with Crippen LogP contribution in [0.15, 0.2) is 47.4 Å². The number of benzene rings is 2. The number of methoxy groups -OCH3 is 1. The van der Waals surface area contributed by atoms with Crippen LogP contribution in [0.4, 0.5) is 0 Å². The minimum Gasteiger partial charge on any atom is -0.383 e. The number of rotatable bonds is 9. The lowest BCUT2D eigenvalue weighted by atomic mass is 10.1. The monoisotopic (exact) mass is 418 g/mol. The Labute approximate surface area is 173 Å². The van der Waals surface area contributed by atoms with E-state index < -0.39 is 16.1 Å². The first kappa shape index (κ1) is 23.1. The number of hydrogen-bond acceptors (Lipinski definition) is 4. The third-order valence-corrected chi connectivity index (χ3v) is 6.35. The summed E-state index contributed by atoms with van der Waals surface area (Å²) in [5.41, 5.74) is 3.17. The zero-order chi connectivity index (χ0) is 21.6. The van der Waals surface area contributed by atoms with Crippen molar-refractivity contribution in [3.05, 3.63) is 64.7 Å². The minimum atomic E-state index is -3.89. The molecule has 2 aromatic carbocycles. The molecule has 0 aliphatic carbocycles. The smallest absolute Gasteiger partial charge is 0.241 e. The lowest BCUT2D eigenvalue weighted by Gasteiger charge is -2.22. The lowest BCUT2D eigenvalue weighted by molar-refractivity contribution is -0.123. The van der Waals surface area contributed by atoms with Crippen molar-refractivity contribution in [2.75, 3.05) is 13.7 Å². The van der Waals surface area contributed by atoms with Gasteiger partial charge >= 0.3 is 0 Å². The number of carbonyl (C=O) groups excluding carboxylic acids is 1. The maximum absolute atomic E-state index is 13.2. The van der Waals surface area contributed by atoms with Crippen LogP contribution in [0.3, 0.4) is 0 Å². The molecule has 0 fully saturated rings. The summed E-state index contributed by atoms with van der Waals surface area (Å²) in [6.07, 6.45) is 0.246. The maximum atomic E-state index is 13.2. The van der Waals surface area contributed by atoms with Gasteiger partial charge in [0, 0.05) is 13.2 Å². The largest absolute Gasteiger partial charge is 0.383 e. The average molecular weight is 419 g/mol. The van der Waals surface area contributed by atoms with Crippen molar-refractivity contribution >= 4 is 15.9 Å². The molecule has 7 heteroatoms. The first-order valence-corrected chi connectivity index (χ1v) is 11.1. The Bertz CT molecular complexity index is 920. The van der Waals surface area contributed by atoms with Gasteiger partial charge in [-0.1, -0.05) is 48.0 Å². The second-order valence-electron chi connectivity index (χ2n) is 7.46. The number of aryl methyl sites for hydroxylation is 3. The molecule has 0 saturated heterocycles. The van der Waals surface area contributed by atoms with Crippen LogP contribution in [-0.2, 0) is 26.0 Å². The second-order valence-corrected chi connectivity index (χ2v) is 9.11. The Hall–Kier alpha value is -2.22. The van der Waals surface area contributed by atoms with Crippen LogP contribution in [-0.4, -0.2) is 40.1 Å². The standard InChI is InChI=1S/C22H30N2O4S/c1-15-11-16(2)21(17(3)12-15)29(26,27)24-20(13-19-9-7-6-8-10-19)22(25)23-18(4)14-28-5/h6-12,18,20,24H,13-14H2,1-5H3,(H,23,25)/t18-,20+/m1/s1. The van der Waals surface area contributed by atoms with Crippen molar-refractivity contribution in [3.8, 4) is 0 Å². The zero-order valence-electron chi connectivity index (χ0n) is 17.7. The fourth-order valence-corrected chi connectivity index (χ4v) is 5.16. The molecule has 2 N–H and O–H groups in total. The van der Waals surface area contributed by atoms with E-state index in [9.17, 15) is 13.2 Å². The molecule has 0 bridgehead atoms. The van der Waals surface area contributed by atoms with Gasteiger partial charge in [-0.2, -0.15) is 4.72 Å². The highest BCUT2D eigenvalue weighted by molar-refractivity contribution is 7.89. The quantitative estimate of drug-likeness (QED) is 0.656. The van der Waals surface area contributed by atoms with E-state index in [1.165, 1.54) is 0 Å². The van der Waals surface area contributed by atoms with Gasteiger partial charge in [-0.15, -0.1) is 0 Å². The van der Waals surface area contributed by atoms with Crippen molar-refractivity contribution in [1.29, 1.82) is 0 Å². The number of nitrogens with one attached hydrogen (secondary N) is 2. The number of ether oxygens (including phenoxy) is 1. The predicted octanol–water partition coefficient (Wildman–Crippen LogP) is 2.65. The van der Waals surface area contributed by atoms with Crippen molar-refractivity contribution < 1.29 is 17.9 Å². The fraction of sp³-hybridized carbons (Fsp3) is 0.409. The van der Waals surface area contributed by atoms with Crippen molar-refractivity contribution in [2.45, 2.75) is 51.1 Å². The van der Waals surface area contributed by atoms with Crippen LogP contribution in [0.2, 0.25) is 0 Å². The Kier molecular flexibility index (Phi) is 7.96. The minimum absolute atomic E-state index is 0.221. The Morgan fingerprint density at radius 1 is 1.07 bits per heavy atom. The lowest BCUT2D eigenvalue weighted by Crippen LogP contribution is -2.51. The van der Waals surface area contributed by atoms with E-state index in [4.69, 9.17) is 4.74 Å². The molecular weight excluding hydrogens is 388 g/mol. The molecule has 0 saturated carbocycles. The van der Waals surface area contributed by atoms with E-state index in [0.717, 1.165) is 11.1 Å². The maximum Gasteiger partial charge on any atom is 0.241 e. The van der Waals surface area contributed by atoms with E-state index in [2.05, 4.69) is 10.0 Å². The Morgan fingerprint density at radius 3 is 2.21 bits per heavy atom. The number of carbonyl (C=O) groups is 1. The van der Waals surface area contributed by atoms with Crippen LogP contribution in [0.5, 0.6) is 0 Å². The summed E-state index contributed by atoms with van der Waals surface area (Å²) in [5.74, 6) is -0.385. The molecular formula is C22H30N2O4S. The van der Waals surface area contributed by atoms with Gasteiger partial charge in [0.15, 0.2) is 0 Å². The highest BCUT2D eigenvalue weighted by Gasteiger charge is 2.29. The highest BCUT2D eigenvalue weighted by atomic mass is 32.2. The number of hydrogen-bond donors (Lipinski definition) is 2. The molecule has 2 atom stereocenters. The summed E-state index contributed by atoms with van der Waals surface area (Å²) in [7, 11) is -2.34. The van der Waals surface area contributed by atoms with Crippen LogP contribution in [0.1, 0.15) is 29.2 Å². The normalized spacial score (nSPS) is 13.7. The van der Waals surface area contributed by atoms with Gasteiger partial charge in [0.05, 0.1) is 11.5 Å². The second kappa shape index (κ2) is 10.0. The predicted molar refractivity (Wildman–Crippen MR) is 114 cm³/mol. The number of sulfonamides is 1. The summed E-state index contributed by atoms with van der Waals surface area (Å²) in [6.45, 7) is 7.60. The van der Waals surface area contributed by atoms with Crippen molar-refractivity contribution in [1.82, 2.24) is 10.0 Å². The summed E-state index contributed by atoms with van der Waals surface area (Å²) < 4.78 is 34.1. The molecule has 0 aliphatic rings. The van der Waals surface area contributed by atoms with Crippen LogP contribution >= 0.6 is 0 Å². The van der Waals surface area contributed by atoms with Gasteiger partial charge in [-0.05, 0) is 50.8 Å². The SMILES string of the molecule is COC[C@@H](C)NC(=O)[C@H](Cc1ccccc1)NS(=O)(=O)c1c(C)cc(C)cc1C. The summed E-state index contributed by atoms with van der Waals surface area (Å²) in [4.78, 5) is 13.1.